The summed E-state index contributed by atoms with van der Waals surface area (Å²) in [6, 6.07) is 9.68. The topological polar surface area (TPSA) is 77.6 Å². The Morgan fingerprint density at radius 3 is 2.54 bits per heavy atom. The van der Waals surface area contributed by atoms with Gasteiger partial charge in [0, 0.05) is 11.9 Å². The van der Waals surface area contributed by atoms with E-state index in [1.807, 2.05) is 30.5 Å². The Kier molecular flexibility index (Phi) is 7.26. The number of benzene rings is 1. The van der Waals surface area contributed by atoms with Crippen molar-refractivity contribution in [1.29, 1.82) is 5.26 Å². The zero-order chi connectivity index (χ0) is 18.3. The van der Waals surface area contributed by atoms with E-state index in [2.05, 4.69) is 11.4 Å². The number of carbonyl (C=O) groups is 2. The van der Waals surface area contributed by atoms with E-state index in [9.17, 15) is 9.59 Å². The molecule has 24 heavy (non-hydrogen) atoms. The summed E-state index contributed by atoms with van der Waals surface area (Å²) in [5, 5.41) is 12.0. The Morgan fingerprint density at radius 2 is 1.96 bits per heavy atom. The molecular formula is C17H25N4O2S+. The largest absolute Gasteiger partial charge is 0.323 e. The molecule has 0 heterocycles. The number of amides is 2. The smallest absolute Gasteiger partial charge is 0.279 e. The molecule has 6 nitrogen and oxygen atoms in total. The van der Waals surface area contributed by atoms with Gasteiger partial charge in [0.15, 0.2) is 13.1 Å². The maximum atomic E-state index is 12.2. The molecule has 0 bridgehead atoms. The monoisotopic (exact) mass is 349 g/mol. The summed E-state index contributed by atoms with van der Waals surface area (Å²) in [6.45, 7) is 3.70. The van der Waals surface area contributed by atoms with Crippen molar-refractivity contribution in [2.45, 2.75) is 24.3 Å². The highest BCUT2D eigenvalue weighted by Crippen LogP contribution is 2.24. The van der Waals surface area contributed by atoms with Gasteiger partial charge < -0.3 is 15.1 Å². The maximum absolute atomic E-state index is 12.2. The van der Waals surface area contributed by atoms with E-state index in [0.717, 1.165) is 15.5 Å². The average molecular weight is 349 g/mol. The third kappa shape index (κ3) is 5.55. The van der Waals surface area contributed by atoms with Crippen LogP contribution < -0.4 is 10.2 Å². The van der Waals surface area contributed by atoms with Gasteiger partial charge in [-0.05, 0) is 32.2 Å². The molecule has 0 saturated carbocycles. The molecule has 2 N–H and O–H groups in total. The standard InChI is InChI=1S/C17H24N4O2S/c1-17(2,12-18)21(4)16(23)11-20(3)10-15(22)19-13-8-6-7-9-14(13)24-5/h6-9H,10-11H2,1-5H3,(H,19,22)/p+1. The number of para-hydroxylation sites is 1. The molecule has 0 aromatic heterocycles. The van der Waals surface area contributed by atoms with Gasteiger partial charge in [0.25, 0.3) is 11.8 Å². The van der Waals surface area contributed by atoms with Gasteiger partial charge in [0.1, 0.15) is 5.54 Å². The van der Waals surface area contributed by atoms with Gasteiger partial charge in [0.2, 0.25) is 0 Å². The van der Waals surface area contributed by atoms with Crippen LogP contribution >= 0.6 is 11.8 Å². The van der Waals surface area contributed by atoms with E-state index >= 15 is 0 Å². The minimum atomic E-state index is -0.864. The molecule has 0 aliphatic heterocycles. The van der Waals surface area contributed by atoms with E-state index in [1.165, 1.54) is 4.90 Å². The van der Waals surface area contributed by atoms with Gasteiger partial charge in [-0.25, -0.2) is 0 Å². The van der Waals surface area contributed by atoms with Crippen LogP contribution in [-0.4, -0.2) is 55.7 Å². The first-order chi connectivity index (χ1) is 11.2. The number of rotatable bonds is 7. The number of likely N-dealkylation sites (N-methyl/N-ethyl adjacent to an activating group) is 2. The molecule has 1 rings (SSSR count). The van der Waals surface area contributed by atoms with Crippen molar-refractivity contribution in [3.05, 3.63) is 24.3 Å². The summed E-state index contributed by atoms with van der Waals surface area (Å²) >= 11 is 1.56. The van der Waals surface area contributed by atoms with E-state index in [0.29, 0.717) is 0 Å². The maximum Gasteiger partial charge on any atom is 0.279 e. The first kappa shape index (κ1) is 20.0. The van der Waals surface area contributed by atoms with Crippen LogP contribution in [0.3, 0.4) is 0 Å². The van der Waals surface area contributed by atoms with Crippen molar-refractivity contribution in [1.82, 2.24) is 4.90 Å². The van der Waals surface area contributed by atoms with Crippen molar-refractivity contribution >= 4 is 29.3 Å². The average Bonchev–Trinajstić information content (AvgIpc) is 2.54. The Morgan fingerprint density at radius 1 is 1.33 bits per heavy atom. The van der Waals surface area contributed by atoms with Crippen LogP contribution in [0.1, 0.15) is 13.8 Å². The number of hydrogen-bond acceptors (Lipinski definition) is 4. The van der Waals surface area contributed by atoms with Crippen molar-refractivity contribution in [3.63, 3.8) is 0 Å². The lowest BCUT2D eigenvalue weighted by Gasteiger charge is -2.29. The molecule has 1 unspecified atom stereocenters. The number of nitrogens with one attached hydrogen (secondary N) is 2. The quantitative estimate of drug-likeness (QED) is 0.708. The second-order valence-corrected chi connectivity index (χ2v) is 7.03. The van der Waals surface area contributed by atoms with Crippen molar-refractivity contribution in [2.75, 3.05) is 38.8 Å². The van der Waals surface area contributed by atoms with Crippen LogP contribution in [-0.2, 0) is 9.59 Å². The summed E-state index contributed by atoms with van der Waals surface area (Å²) in [5.41, 5.74) is -0.0893. The summed E-state index contributed by atoms with van der Waals surface area (Å²) in [7, 11) is 3.39. The molecular weight excluding hydrogens is 324 g/mol. The zero-order valence-electron chi connectivity index (χ0n) is 14.8. The number of nitrogens with zero attached hydrogens (tertiary/aromatic N) is 2. The van der Waals surface area contributed by atoms with Crippen molar-refractivity contribution in [2.24, 2.45) is 0 Å². The highest BCUT2D eigenvalue weighted by Gasteiger charge is 2.29. The van der Waals surface area contributed by atoms with Gasteiger partial charge in [-0.1, -0.05) is 12.1 Å². The van der Waals surface area contributed by atoms with Gasteiger partial charge in [-0.3, -0.25) is 9.59 Å². The molecule has 0 aliphatic carbocycles. The third-order valence-electron chi connectivity index (χ3n) is 3.78. The second kappa shape index (κ2) is 8.71. The summed E-state index contributed by atoms with van der Waals surface area (Å²) in [4.78, 5) is 27.6. The molecule has 1 aromatic rings. The minimum absolute atomic E-state index is 0.149. The van der Waals surface area contributed by atoms with Gasteiger partial charge in [0.05, 0.1) is 18.8 Å². The van der Waals surface area contributed by atoms with E-state index in [1.54, 1.807) is 39.7 Å². The zero-order valence-corrected chi connectivity index (χ0v) is 15.7. The normalized spacial score (nSPS) is 12.2. The number of carbonyl (C=O) groups excluding carboxylic acids is 2. The molecule has 1 aromatic carbocycles. The Bertz CT molecular complexity index is 640. The van der Waals surface area contributed by atoms with Crippen LogP contribution in [0.5, 0.6) is 0 Å². The van der Waals surface area contributed by atoms with E-state index in [-0.39, 0.29) is 24.9 Å². The van der Waals surface area contributed by atoms with Crippen LogP contribution in [0.2, 0.25) is 0 Å². The number of anilines is 1. The van der Waals surface area contributed by atoms with Crippen LogP contribution in [0, 0.1) is 11.3 Å². The number of nitriles is 1. The van der Waals surface area contributed by atoms with Crippen LogP contribution in [0.4, 0.5) is 5.69 Å². The summed E-state index contributed by atoms with van der Waals surface area (Å²) < 4.78 is 0. The first-order valence-corrected chi connectivity index (χ1v) is 8.85. The molecule has 2 amide bonds. The van der Waals surface area contributed by atoms with E-state index < -0.39 is 5.54 Å². The molecule has 0 aliphatic rings. The van der Waals surface area contributed by atoms with Crippen molar-refractivity contribution in [3.8, 4) is 6.07 Å². The molecule has 0 spiro atoms. The third-order valence-corrected chi connectivity index (χ3v) is 4.58. The lowest BCUT2D eigenvalue weighted by molar-refractivity contribution is -0.862. The lowest BCUT2D eigenvalue weighted by Crippen LogP contribution is -3.11. The predicted molar refractivity (Wildman–Crippen MR) is 95.9 cm³/mol. The van der Waals surface area contributed by atoms with Crippen molar-refractivity contribution < 1.29 is 14.5 Å². The van der Waals surface area contributed by atoms with E-state index in [4.69, 9.17) is 5.26 Å². The number of thioether (sulfide) groups is 1. The molecule has 130 valence electrons. The van der Waals surface area contributed by atoms with Gasteiger partial charge in [-0.2, -0.15) is 5.26 Å². The van der Waals surface area contributed by atoms with Gasteiger partial charge in [-0.15, -0.1) is 11.8 Å². The Hall–Kier alpha value is -2.04. The predicted octanol–water partition coefficient (Wildman–Crippen LogP) is 0.622. The Labute approximate surface area is 147 Å². The Balaban J connectivity index is 2.59. The number of hydrogen-bond donors (Lipinski definition) is 2. The first-order valence-electron chi connectivity index (χ1n) is 7.63. The fourth-order valence-electron chi connectivity index (χ4n) is 2.04. The fraction of sp³-hybridized carbons (Fsp3) is 0.471. The highest BCUT2D eigenvalue weighted by atomic mass is 32.2. The summed E-state index contributed by atoms with van der Waals surface area (Å²) in [5.74, 6) is -0.319. The highest BCUT2D eigenvalue weighted by molar-refractivity contribution is 7.98. The summed E-state index contributed by atoms with van der Waals surface area (Å²) in [6.07, 6.45) is 1.95. The SMILES string of the molecule is CSc1ccccc1NC(=O)C[NH+](C)CC(=O)N(C)C(C)(C)C#N. The molecule has 0 saturated heterocycles. The van der Waals surface area contributed by atoms with Gasteiger partial charge >= 0.3 is 0 Å². The fourth-order valence-corrected chi connectivity index (χ4v) is 2.60. The molecule has 7 heteroatoms. The van der Waals surface area contributed by atoms with Crippen LogP contribution in [0.15, 0.2) is 29.2 Å². The minimum Gasteiger partial charge on any atom is -0.323 e. The molecule has 0 fully saturated rings. The number of quaternary nitrogens is 1. The molecule has 1 atom stereocenters. The second-order valence-electron chi connectivity index (χ2n) is 6.18. The van der Waals surface area contributed by atoms with Crippen LogP contribution in [0.25, 0.3) is 0 Å². The molecule has 0 radical (unpaired) electrons. The lowest BCUT2D eigenvalue weighted by atomic mass is 10.1.